The summed E-state index contributed by atoms with van der Waals surface area (Å²) >= 11 is 0. The molecule has 0 aliphatic rings. The fourth-order valence-corrected chi connectivity index (χ4v) is 2.10. The third-order valence-corrected chi connectivity index (χ3v) is 3.10. The van der Waals surface area contributed by atoms with Gasteiger partial charge in [0.1, 0.15) is 0 Å². The quantitative estimate of drug-likeness (QED) is 0.651. The van der Waals surface area contributed by atoms with E-state index in [0.29, 0.717) is 12.3 Å². The average molecular weight is 284 g/mol. The Balaban J connectivity index is 2.05. The molecule has 5 nitrogen and oxygen atoms in total. The zero-order chi connectivity index (χ0) is 15.2. The van der Waals surface area contributed by atoms with E-state index in [-0.39, 0.29) is 5.91 Å². The molecule has 2 aromatic rings. The van der Waals surface area contributed by atoms with E-state index in [2.05, 4.69) is 15.5 Å². The van der Waals surface area contributed by atoms with Crippen LogP contribution in [0.15, 0.2) is 41.6 Å². The van der Waals surface area contributed by atoms with Crippen molar-refractivity contribution in [3.63, 3.8) is 0 Å². The molecule has 2 rings (SSSR count). The highest BCUT2D eigenvalue weighted by molar-refractivity contribution is 5.97. The number of carbonyl (C=O) groups excluding carboxylic acids is 1. The first-order chi connectivity index (χ1) is 10.1. The van der Waals surface area contributed by atoms with Crippen molar-refractivity contribution < 1.29 is 4.79 Å². The summed E-state index contributed by atoms with van der Waals surface area (Å²) in [7, 11) is 0. The highest BCUT2D eigenvalue weighted by Gasteiger charge is 2.13. The van der Waals surface area contributed by atoms with E-state index in [1.165, 1.54) is 0 Å². The number of hydrogen-bond donors (Lipinski definition) is 2. The number of hydrazone groups is 1. The number of aromatic nitrogens is 1. The van der Waals surface area contributed by atoms with Gasteiger partial charge in [-0.3, -0.25) is 9.78 Å². The lowest BCUT2D eigenvalue weighted by atomic mass is 10.0. The van der Waals surface area contributed by atoms with Crippen LogP contribution < -0.4 is 11.2 Å². The zero-order valence-electron chi connectivity index (χ0n) is 12.3. The molecule has 1 amide bonds. The summed E-state index contributed by atoms with van der Waals surface area (Å²) in [5.41, 5.74) is 9.97. The SMILES string of the molecule is CC(C)C[C@H](N)C(=O)N/N=C\c1cccc2cccnc12. The highest BCUT2D eigenvalue weighted by Crippen LogP contribution is 2.13. The van der Waals surface area contributed by atoms with Gasteiger partial charge in [0.15, 0.2) is 0 Å². The predicted molar refractivity (Wildman–Crippen MR) is 84.9 cm³/mol. The summed E-state index contributed by atoms with van der Waals surface area (Å²) in [5.74, 6) is 0.102. The van der Waals surface area contributed by atoms with Gasteiger partial charge in [0, 0.05) is 17.1 Å². The fraction of sp³-hybridized carbons (Fsp3) is 0.312. The number of nitrogens with two attached hydrogens (primary N) is 1. The molecule has 0 bridgehead atoms. The molecule has 0 saturated carbocycles. The number of hydrogen-bond acceptors (Lipinski definition) is 4. The molecule has 3 N–H and O–H groups in total. The van der Waals surface area contributed by atoms with Crippen molar-refractivity contribution in [1.29, 1.82) is 0 Å². The van der Waals surface area contributed by atoms with Gasteiger partial charge in [-0.1, -0.05) is 38.1 Å². The molecule has 1 atom stereocenters. The molecular formula is C16H20N4O. The number of benzene rings is 1. The van der Waals surface area contributed by atoms with Crippen LogP contribution in [-0.4, -0.2) is 23.1 Å². The summed E-state index contributed by atoms with van der Waals surface area (Å²) < 4.78 is 0. The van der Waals surface area contributed by atoms with Gasteiger partial charge in [0.25, 0.3) is 5.91 Å². The lowest BCUT2D eigenvalue weighted by Crippen LogP contribution is -2.39. The van der Waals surface area contributed by atoms with E-state index in [9.17, 15) is 4.79 Å². The molecule has 1 heterocycles. The molecule has 1 aromatic carbocycles. The smallest absolute Gasteiger partial charge is 0.256 e. The summed E-state index contributed by atoms with van der Waals surface area (Å²) in [4.78, 5) is 16.1. The lowest BCUT2D eigenvalue weighted by molar-refractivity contribution is -0.122. The first kappa shape index (κ1) is 15.1. The molecule has 0 aliphatic carbocycles. The summed E-state index contributed by atoms with van der Waals surface area (Å²) in [5, 5.41) is 5.01. The Labute approximate surface area is 124 Å². The van der Waals surface area contributed by atoms with Crippen LogP contribution in [0.3, 0.4) is 0 Å². The van der Waals surface area contributed by atoms with Crippen LogP contribution in [0.1, 0.15) is 25.8 Å². The number of fused-ring (bicyclic) bond motifs is 1. The Morgan fingerprint density at radius 3 is 2.90 bits per heavy atom. The number of nitrogens with zero attached hydrogens (tertiary/aromatic N) is 2. The van der Waals surface area contributed by atoms with Crippen molar-refractivity contribution in [2.24, 2.45) is 16.8 Å². The zero-order valence-corrected chi connectivity index (χ0v) is 12.3. The molecule has 110 valence electrons. The van der Waals surface area contributed by atoms with Crippen LogP contribution in [0.4, 0.5) is 0 Å². The summed E-state index contributed by atoms with van der Waals surface area (Å²) in [6.45, 7) is 4.05. The minimum Gasteiger partial charge on any atom is -0.320 e. The topological polar surface area (TPSA) is 80.4 Å². The third kappa shape index (κ3) is 4.10. The molecule has 0 unspecified atom stereocenters. The van der Waals surface area contributed by atoms with E-state index in [4.69, 9.17) is 5.73 Å². The minimum absolute atomic E-state index is 0.270. The number of pyridine rings is 1. The van der Waals surface area contributed by atoms with Gasteiger partial charge in [-0.2, -0.15) is 5.10 Å². The number of para-hydroxylation sites is 1. The van der Waals surface area contributed by atoms with Gasteiger partial charge < -0.3 is 5.73 Å². The Kier molecular flexibility index (Phi) is 5.00. The van der Waals surface area contributed by atoms with Crippen molar-refractivity contribution in [1.82, 2.24) is 10.4 Å². The maximum Gasteiger partial charge on any atom is 0.256 e. The van der Waals surface area contributed by atoms with Crippen molar-refractivity contribution in [2.75, 3.05) is 0 Å². The van der Waals surface area contributed by atoms with Crippen LogP contribution in [0.2, 0.25) is 0 Å². The van der Waals surface area contributed by atoms with E-state index in [1.807, 2.05) is 44.2 Å². The molecule has 0 aliphatic heterocycles. The van der Waals surface area contributed by atoms with Gasteiger partial charge in [-0.15, -0.1) is 0 Å². The van der Waals surface area contributed by atoms with Gasteiger partial charge in [-0.05, 0) is 18.4 Å². The van der Waals surface area contributed by atoms with Crippen molar-refractivity contribution >= 4 is 23.0 Å². The monoisotopic (exact) mass is 284 g/mol. The van der Waals surface area contributed by atoms with E-state index < -0.39 is 6.04 Å². The number of nitrogens with one attached hydrogen (secondary N) is 1. The second-order valence-electron chi connectivity index (χ2n) is 5.39. The maximum absolute atomic E-state index is 11.8. The lowest BCUT2D eigenvalue weighted by Gasteiger charge is -2.11. The first-order valence-corrected chi connectivity index (χ1v) is 7.00. The van der Waals surface area contributed by atoms with Crippen LogP contribution in [0.25, 0.3) is 10.9 Å². The van der Waals surface area contributed by atoms with Crippen LogP contribution >= 0.6 is 0 Å². The van der Waals surface area contributed by atoms with Crippen molar-refractivity contribution in [2.45, 2.75) is 26.3 Å². The molecular weight excluding hydrogens is 264 g/mol. The fourth-order valence-electron chi connectivity index (χ4n) is 2.10. The second-order valence-corrected chi connectivity index (χ2v) is 5.39. The first-order valence-electron chi connectivity index (χ1n) is 7.00. The molecule has 0 radical (unpaired) electrons. The Bertz CT molecular complexity index is 646. The van der Waals surface area contributed by atoms with Crippen LogP contribution in [0.5, 0.6) is 0 Å². The Morgan fingerprint density at radius 1 is 1.38 bits per heavy atom. The Morgan fingerprint density at radius 2 is 2.14 bits per heavy atom. The number of amides is 1. The van der Waals surface area contributed by atoms with Crippen LogP contribution in [0, 0.1) is 5.92 Å². The van der Waals surface area contributed by atoms with Gasteiger partial charge >= 0.3 is 0 Å². The van der Waals surface area contributed by atoms with E-state index >= 15 is 0 Å². The number of carbonyl (C=O) groups is 1. The highest BCUT2D eigenvalue weighted by atomic mass is 16.2. The molecule has 5 heteroatoms. The largest absolute Gasteiger partial charge is 0.320 e. The molecule has 0 saturated heterocycles. The Hall–Kier alpha value is -2.27. The third-order valence-electron chi connectivity index (χ3n) is 3.10. The van der Waals surface area contributed by atoms with Crippen molar-refractivity contribution in [3.8, 4) is 0 Å². The maximum atomic E-state index is 11.8. The van der Waals surface area contributed by atoms with E-state index in [0.717, 1.165) is 16.5 Å². The minimum atomic E-state index is -0.534. The molecule has 1 aromatic heterocycles. The molecule has 0 spiro atoms. The number of rotatable bonds is 5. The second kappa shape index (κ2) is 6.95. The predicted octanol–water partition coefficient (Wildman–Crippen LogP) is 2.06. The summed E-state index contributed by atoms with van der Waals surface area (Å²) in [6, 6.07) is 9.15. The van der Waals surface area contributed by atoms with Gasteiger partial charge in [0.05, 0.1) is 17.8 Å². The molecule has 0 fully saturated rings. The molecule has 21 heavy (non-hydrogen) atoms. The summed E-state index contributed by atoms with van der Waals surface area (Å²) in [6.07, 6.45) is 3.96. The van der Waals surface area contributed by atoms with Gasteiger partial charge in [0.2, 0.25) is 0 Å². The van der Waals surface area contributed by atoms with E-state index in [1.54, 1.807) is 12.4 Å². The van der Waals surface area contributed by atoms with Crippen LogP contribution in [-0.2, 0) is 4.79 Å². The average Bonchev–Trinajstić information content (AvgIpc) is 2.46. The van der Waals surface area contributed by atoms with Gasteiger partial charge in [-0.25, -0.2) is 5.43 Å². The standard InChI is InChI=1S/C16H20N4O/c1-11(2)9-14(17)16(21)20-19-10-13-6-3-5-12-7-4-8-18-15(12)13/h3-8,10-11,14H,9,17H2,1-2H3,(H,20,21)/b19-10-/t14-/m0/s1. The normalized spacial score (nSPS) is 13.0. The van der Waals surface area contributed by atoms with Crippen molar-refractivity contribution in [3.05, 3.63) is 42.1 Å².